The highest BCUT2D eigenvalue weighted by Crippen LogP contribution is 2.17. The Morgan fingerprint density at radius 2 is 1.80 bits per heavy atom. The van der Waals surface area contributed by atoms with E-state index in [-0.39, 0.29) is 6.61 Å². The molecule has 0 aliphatic carbocycles. The van der Waals surface area contributed by atoms with E-state index >= 15 is 0 Å². The molecule has 0 unspecified atom stereocenters. The first kappa shape index (κ1) is 12.9. The van der Waals surface area contributed by atoms with Gasteiger partial charge in [0.25, 0.3) is 0 Å². The average molecular weight is 266 g/mol. The quantitative estimate of drug-likeness (QED) is 0.788. The molecule has 102 valence electrons. The molecule has 0 saturated heterocycles. The van der Waals surface area contributed by atoms with Crippen LogP contribution >= 0.6 is 0 Å². The number of hydrogen-bond acceptors (Lipinski definition) is 2. The summed E-state index contributed by atoms with van der Waals surface area (Å²) in [6.45, 7) is 2.16. The van der Waals surface area contributed by atoms with Crippen molar-refractivity contribution in [2.24, 2.45) is 0 Å². The van der Waals surface area contributed by atoms with Crippen molar-refractivity contribution >= 4 is 5.65 Å². The van der Waals surface area contributed by atoms with E-state index < -0.39 is 0 Å². The fourth-order valence-corrected chi connectivity index (χ4v) is 2.49. The third-order valence-electron chi connectivity index (χ3n) is 3.66. The first-order valence-corrected chi connectivity index (χ1v) is 6.95. The number of nitrogens with zero attached hydrogens (tertiary/aromatic N) is 2. The molecule has 20 heavy (non-hydrogen) atoms. The third kappa shape index (κ3) is 2.32. The second kappa shape index (κ2) is 5.47. The van der Waals surface area contributed by atoms with Crippen LogP contribution in [0, 0.1) is 0 Å². The van der Waals surface area contributed by atoms with Crippen LogP contribution in [0.25, 0.3) is 5.65 Å². The smallest absolute Gasteiger partial charge is 0.137 e. The van der Waals surface area contributed by atoms with E-state index in [4.69, 9.17) is 0 Å². The summed E-state index contributed by atoms with van der Waals surface area (Å²) in [5.74, 6) is 0. The number of imidazole rings is 1. The zero-order valence-corrected chi connectivity index (χ0v) is 11.6. The van der Waals surface area contributed by atoms with Gasteiger partial charge in [0.15, 0.2) is 0 Å². The molecule has 3 nitrogen and oxygen atoms in total. The Kier molecular flexibility index (Phi) is 3.52. The summed E-state index contributed by atoms with van der Waals surface area (Å²) in [5, 5.41) is 9.60. The van der Waals surface area contributed by atoms with Crippen LogP contribution in [0.1, 0.15) is 29.4 Å². The summed E-state index contributed by atoms with van der Waals surface area (Å²) >= 11 is 0. The van der Waals surface area contributed by atoms with E-state index in [0.29, 0.717) is 0 Å². The Morgan fingerprint density at radius 3 is 2.50 bits per heavy atom. The van der Waals surface area contributed by atoms with Crippen molar-refractivity contribution in [3.8, 4) is 0 Å². The van der Waals surface area contributed by atoms with E-state index in [1.165, 1.54) is 11.1 Å². The van der Waals surface area contributed by atoms with Gasteiger partial charge in [0, 0.05) is 12.6 Å². The molecular formula is C17H18N2O. The molecule has 1 aromatic carbocycles. The topological polar surface area (TPSA) is 37.5 Å². The van der Waals surface area contributed by atoms with E-state index in [9.17, 15) is 5.11 Å². The number of fused-ring (bicyclic) bond motifs is 1. The minimum Gasteiger partial charge on any atom is -0.390 e. The normalized spacial score (nSPS) is 11.1. The van der Waals surface area contributed by atoms with Gasteiger partial charge in [-0.1, -0.05) is 37.3 Å². The lowest BCUT2D eigenvalue weighted by atomic mass is 10.1. The van der Waals surface area contributed by atoms with Gasteiger partial charge >= 0.3 is 0 Å². The summed E-state index contributed by atoms with van der Waals surface area (Å²) < 4.78 is 1.95. The highest BCUT2D eigenvalue weighted by atomic mass is 16.3. The first-order chi connectivity index (χ1) is 9.81. The predicted octanol–water partition coefficient (Wildman–Crippen LogP) is 2.98. The van der Waals surface area contributed by atoms with Gasteiger partial charge in [0.05, 0.1) is 18.0 Å². The van der Waals surface area contributed by atoms with Crippen LogP contribution < -0.4 is 0 Å². The monoisotopic (exact) mass is 266 g/mol. The Bertz CT molecular complexity index is 713. The van der Waals surface area contributed by atoms with Crippen molar-refractivity contribution in [1.82, 2.24) is 9.38 Å². The number of pyridine rings is 1. The molecule has 0 fully saturated rings. The number of hydrogen-bond donors (Lipinski definition) is 1. The lowest BCUT2D eigenvalue weighted by Crippen LogP contribution is -1.97. The molecule has 0 spiro atoms. The number of aromatic nitrogens is 2. The highest BCUT2D eigenvalue weighted by molar-refractivity contribution is 5.44. The first-order valence-electron chi connectivity index (χ1n) is 6.95. The molecule has 2 heterocycles. The van der Waals surface area contributed by atoms with E-state index in [2.05, 4.69) is 36.2 Å². The summed E-state index contributed by atoms with van der Waals surface area (Å²) in [4.78, 5) is 4.62. The maximum Gasteiger partial charge on any atom is 0.137 e. The van der Waals surface area contributed by atoms with Crippen LogP contribution in [0.15, 0.2) is 48.7 Å². The van der Waals surface area contributed by atoms with Gasteiger partial charge in [-0.15, -0.1) is 0 Å². The van der Waals surface area contributed by atoms with Gasteiger partial charge in [-0.2, -0.15) is 0 Å². The standard InChI is InChI=1S/C17H18N2O/c1-2-13-6-8-14(9-7-13)11-15-16(12-20)19-10-4-3-5-17(19)18-15/h3-10,20H,2,11-12H2,1H3. The second-order valence-corrected chi connectivity index (χ2v) is 4.94. The Morgan fingerprint density at radius 1 is 1.05 bits per heavy atom. The van der Waals surface area contributed by atoms with Crippen molar-refractivity contribution in [2.75, 3.05) is 0 Å². The molecular weight excluding hydrogens is 248 g/mol. The lowest BCUT2D eigenvalue weighted by molar-refractivity contribution is 0.274. The summed E-state index contributed by atoms with van der Waals surface area (Å²) in [7, 11) is 0. The molecule has 0 amide bonds. The van der Waals surface area contributed by atoms with Gasteiger partial charge in [-0.25, -0.2) is 4.98 Å². The van der Waals surface area contributed by atoms with Crippen molar-refractivity contribution < 1.29 is 5.11 Å². The van der Waals surface area contributed by atoms with Crippen molar-refractivity contribution in [2.45, 2.75) is 26.4 Å². The molecule has 0 atom stereocenters. The van der Waals surface area contributed by atoms with Crippen molar-refractivity contribution in [3.63, 3.8) is 0 Å². The molecule has 1 N–H and O–H groups in total. The third-order valence-corrected chi connectivity index (χ3v) is 3.66. The molecule has 0 radical (unpaired) electrons. The molecule has 3 rings (SSSR count). The lowest BCUT2D eigenvalue weighted by Gasteiger charge is -2.03. The number of aliphatic hydroxyl groups excluding tert-OH is 1. The Labute approximate surface area is 118 Å². The molecule has 0 aliphatic rings. The maximum absolute atomic E-state index is 9.60. The molecule has 0 bridgehead atoms. The van der Waals surface area contributed by atoms with Crippen LogP contribution in [0.2, 0.25) is 0 Å². The molecule has 2 aromatic heterocycles. The fourth-order valence-electron chi connectivity index (χ4n) is 2.49. The largest absolute Gasteiger partial charge is 0.390 e. The van der Waals surface area contributed by atoms with Crippen molar-refractivity contribution in [3.05, 3.63) is 71.2 Å². The molecule has 3 aromatic rings. The zero-order valence-electron chi connectivity index (χ0n) is 11.6. The van der Waals surface area contributed by atoms with Crippen molar-refractivity contribution in [1.29, 1.82) is 0 Å². The van der Waals surface area contributed by atoms with Gasteiger partial charge in [-0.05, 0) is 29.7 Å². The van der Waals surface area contributed by atoms with Gasteiger partial charge in [0.1, 0.15) is 5.65 Å². The van der Waals surface area contributed by atoms with Crippen LogP contribution in [-0.2, 0) is 19.4 Å². The minimum atomic E-state index is 0.00750. The van der Waals surface area contributed by atoms with Gasteiger partial charge in [0.2, 0.25) is 0 Å². The summed E-state index contributed by atoms with van der Waals surface area (Å²) in [6, 6.07) is 14.5. The zero-order chi connectivity index (χ0) is 13.9. The Hall–Kier alpha value is -2.13. The summed E-state index contributed by atoms with van der Waals surface area (Å²) in [5.41, 5.74) is 5.27. The second-order valence-electron chi connectivity index (χ2n) is 4.94. The van der Waals surface area contributed by atoms with Crippen LogP contribution in [0.5, 0.6) is 0 Å². The molecule has 0 aliphatic heterocycles. The number of benzene rings is 1. The minimum absolute atomic E-state index is 0.00750. The number of aliphatic hydroxyl groups is 1. The van der Waals surface area contributed by atoms with E-state index in [0.717, 1.165) is 29.9 Å². The number of aryl methyl sites for hydroxylation is 1. The van der Waals surface area contributed by atoms with Crippen LogP contribution in [0.4, 0.5) is 0 Å². The maximum atomic E-state index is 9.60. The molecule has 0 saturated carbocycles. The average Bonchev–Trinajstić information content (AvgIpc) is 2.85. The SMILES string of the molecule is CCc1ccc(Cc2nc3ccccn3c2CO)cc1. The predicted molar refractivity (Wildman–Crippen MR) is 79.7 cm³/mol. The van der Waals surface area contributed by atoms with E-state index in [1.807, 2.05) is 28.8 Å². The Balaban J connectivity index is 1.96. The van der Waals surface area contributed by atoms with Crippen LogP contribution in [-0.4, -0.2) is 14.5 Å². The summed E-state index contributed by atoms with van der Waals surface area (Å²) in [6.07, 6.45) is 3.75. The van der Waals surface area contributed by atoms with Crippen LogP contribution in [0.3, 0.4) is 0 Å². The van der Waals surface area contributed by atoms with Gasteiger partial charge in [-0.3, -0.25) is 0 Å². The highest BCUT2D eigenvalue weighted by Gasteiger charge is 2.11. The van der Waals surface area contributed by atoms with Gasteiger partial charge < -0.3 is 9.51 Å². The fraction of sp³-hybridized carbons (Fsp3) is 0.235. The number of rotatable bonds is 4. The van der Waals surface area contributed by atoms with E-state index in [1.54, 1.807) is 0 Å². The molecule has 3 heteroatoms.